The fourth-order valence-electron chi connectivity index (χ4n) is 3.43. The third-order valence-electron chi connectivity index (χ3n) is 4.12. The van der Waals surface area contributed by atoms with E-state index >= 15 is 0 Å². The van der Waals surface area contributed by atoms with Crippen LogP contribution >= 0.6 is 12.6 Å². The second-order valence-corrected chi connectivity index (χ2v) is 5.46. The lowest BCUT2D eigenvalue weighted by molar-refractivity contribution is 0.306. The lowest BCUT2D eigenvalue weighted by atomic mass is 9.85. The topological polar surface area (TPSA) is 0 Å². The summed E-state index contributed by atoms with van der Waals surface area (Å²) in [5.41, 5.74) is 0. The van der Waals surface area contributed by atoms with Crippen molar-refractivity contribution in [3.8, 4) is 0 Å². The van der Waals surface area contributed by atoms with E-state index < -0.39 is 0 Å². The van der Waals surface area contributed by atoms with Crippen molar-refractivity contribution in [2.45, 2.75) is 51.4 Å². The highest BCUT2D eigenvalue weighted by Gasteiger charge is 2.38. The van der Waals surface area contributed by atoms with Crippen LogP contribution in [0.25, 0.3) is 0 Å². The summed E-state index contributed by atoms with van der Waals surface area (Å²) in [5.74, 6) is 4.48. The van der Waals surface area contributed by atoms with Crippen molar-refractivity contribution in [1.29, 1.82) is 0 Å². The third-order valence-corrected chi connectivity index (χ3v) is 4.43. The van der Waals surface area contributed by atoms with Crippen molar-refractivity contribution in [2.24, 2.45) is 17.8 Å². The highest BCUT2D eigenvalue weighted by atomic mass is 32.1. The van der Waals surface area contributed by atoms with Crippen molar-refractivity contribution in [3.05, 3.63) is 0 Å². The number of rotatable bonds is 5. The molecule has 0 heterocycles. The van der Waals surface area contributed by atoms with E-state index in [-0.39, 0.29) is 0 Å². The molecule has 2 aliphatic carbocycles. The minimum absolute atomic E-state index is 1.08. The molecule has 2 aliphatic rings. The monoisotopic (exact) mass is 198 g/mol. The Hall–Kier alpha value is 0.350. The van der Waals surface area contributed by atoms with Gasteiger partial charge in [0.2, 0.25) is 0 Å². The normalized spacial score (nSPS) is 37.2. The highest BCUT2D eigenvalue weighted by molar-refractivity contribution is 7.80. The first-order valence-electron chi connectivity index (χ1n) is 6.01. The molecule has 0 aromatic heterocycles. The molecule has 1 heteroatoms. The number of hydrogen-bond donors (Lipinski definition) is 1. The van der Waals surface area contributed by atoms with Gasteiger partial charge in [0.05, 0.1) is 0 Å². The molecule has 2 rings (SSSR count). The van der Waals surface area contributed by atoms with E-state index in [0.29, 0.717) is 0 Å². The Morgan fingerprint density at radius 2 is 1.92 bits per heavy atom. The van der Waals surface area contributed by atoms with Crippen molar-refractivity contribution >= 4 is 12.6 Å². The Kier molecular flexibility index (Phi) is 3.59. The van der Waals surface area contributed by atoms with Gasteiger partial charge in [0.15, 0.2) is 0 Å². The molecule has 0 spiro atoms. The van der Waals surface area contributed by atoms with Crippen LogP contribution in [0.2, 0.25) is 0 Å². The van der Waals surface area contributed by atoms with Crippen LogP contribution in [0.5, 0.6) is 0 Å². The summed E-state index contributed by atoms with van der Waals surface area (Å²) in [4.78, 5) is 0. The van der Waals surface area contributed by atoms with E-state index in [2.05, 4.69) is 12.6 Å². The van der Waals surface area contributed by atoms with Gasteiger partial charge in [0.1, 0.15) is 0 Å². The molecule has 76 valence electrons. The van der Waals surface area contributed by atoms with Crippen LogP contribution in [0.15, 0.2) is 0 Å². The largest absolute Gasteiger partial charge is 0.179 e. The van der Waals surface area contributed by atoms with Crippen LogP contribution in [0.3, 0.4) is 0 Å². The third kappa shape index (κ3) is 2.43. The summed E-state index contributed by atoms with van der Waals surface area (Å²) >= 11 is 4.25. The number of unbranched alkanes of at least 4 members (excludes halogenated alkanes) is 2. The molecule has 2 fully saturated rings. The average molecular weight is 198 g/mol. The first-order valence-corrected chi connectivity index (χ1v) is 6.64. The molecule has 0 aliphatic heterocycles. The maximum atomic E-state index is 4.25. The van der Waals surface area contributed by atoms with Crippen molar-refractivity contribution in [1.82, 2.24) is 0 Å². The minimum Gasteiger partial charge on any atom is -0.179 e. The number of fused-ring (bicyclic) bond motifs is 2. The predicted octanol–water partition coefficient (Wildman–Crippen LogP) is 3.91. The molecular formula is C12H22S. The zero-order valence-corrected chi connectivity index (χ0v) is 9.44. The molecule has 0 aromatic carbocycles. The summed E-state index contributed by atoms with van der Waals surface area (Å²) in [6.45, 7) is 0. The first kappa shape index (κ1) is 9.89. The number of hydrogen-bond acceptors (Lipinski definition) is 1. The van der Waals surface area contributed by atoms with Crippen LogP contribution < -0.4 is 0 Å². The van der Waals surface area contributed by atoms with Gasteiger partial charge in [-0.25, -0.2) is 0 Å². The quantitative estimate of drug-likeness (QED) is 0.502. The maximum Gasteiger partial charge on any atom is -0.00979 e. The Morgan fingerprint density at radius 3 is 2.54 bits per heavy atom. The van der Waals surface area contributed by atoms with E-state index in [0.717, 1.165) is 23.5 Å². The van der Waals surface area contributed by atoms with Gasteiger partial charge < -0.3 is 0 Å². The van der Waals surface area contributed by atoms with E-state index in [1.54, 1.807) is 25.7 Å². The fourth-order valence-corrected chi connectivity index (χ4v) is 3.65. The van der Waals surface area contributed by atoms with Gasteiger partial charge in [0, 0.05) is 0 Å². The number of thiol groups is 1. The second kappa shape index (κ2) is 4.72. The molecule has 2 bridgehead atoms. The molecule has 0 N–H and O–H groups in total. The van der Waals surface area contributed by atoms with E-state index in [4.69, 9.17) is 0 Å². The van der Waals surface area contributed by atoms with Crippen LogP contribution in [-0.2, 0) is 0 Å². The van der Waals surface area contributed by atoms with Crippen molar-refractivity contribution in [2.75, 3.05) is 5.75 Å². The minimum atomic E-state index is 1.08. The molecule has 0 nitrogen and oxygen atoms in total. The van der Waals surface area contributed by atoms with Gasteiger partial charge in [0.25, 0.3) is 0 Å². The van der Waals surface area contributed by atoms with Crippen molar-refractivity contribution < 1.29 is 0 Å². The van der Waals surface area contributed by atoms with Gasteiger partial charge in [-0.1, -0.05) is 25.7 Å². The Bertz CT molecular complexity index is 155. The Labute approximate surface area is 87.9 Å². The predicted molar refractivity (Wildman–Crippen MR) is 61.3 cm³/mol. The Morgan fingerprint density at radius 1 is 1.00 bits per heavy atom. The fraction of sp³-hybridized carbons (Fsp3) is 1.00. The lowest BCUT2D eigenvalue weighted by Gasteiger charge is -2.21. The molecular weight excluding hydrogens is 176 g/mol. The molecule has 3 atom stereocenters. The molecule has 0 amide bonds. The van der Waals surface area contributed by atoms with Gasteiger partial charge in [-0.2, -0.15) is 12.6 Å². The van der Waals surface area contributed by atoms with E-state index in [9.17, 15) is 0 Å². The summed E-state index contributed by atoms with van der Waals surface area (Å²) < 4.78 is 0. The molecule has 2 saturated carbocycles. The molecule has 0 radical (unpaired) electrons. The first-order chi connectivity index (χ1) is 6.40. The van der Waals surface area contributed by atoms with Crippen LogP contribution in [0, 0.1) is 17.8 Å². The van der Waals surface area contributed by atoms with Gasteiger partial charge >= 0.3 is 0 Å². The summed E-state index contributed by atoms with van der Waals surface area (Å²) in [6, 6.07) is 0. The van der Waals surface area contributed by atoms with E-state index in [1.165, 1.54) is 25.7 Å². The smallest absolute Gasteiger partial charge is 0.00979 e. The summed E-state index contributed by atoms with van der Waals surface area (Å²) in [5, 5.41) is 0. The highest BCUT2D eigenvalue weighted by Crippen LogP contribution is 2.49. The van der Waals surface area contributed by atoms with Gasteiger partial charge in [-0.15, -0.1) is 0 Å². The van der Waals surface area contributed by atoms with Crippen LogP contribution in [0.1, 0.15) is 51.4 Å². The van der Waals surface area contributed by atoms with E-state index in [1.807, 2.05) is 0 Å². The van der Waals surface area contributed by atoms with Gasteiger partial charge in [-0.05, 0) is 49.2 Å². The van der Waals surface area contributed by atoms with Crippen LogP contribution in [-0.4, -0.2) is 5.75 Å². The SMILES string of the molecule is SCCCCCC1CC2CCC1C2. The zero-order chi connectivity index (χ0) is 9.10. The lowest BCUT2D eigenvalue weighted by Crippen LogP contribution is -2.09. The molecule has 0 saturated heterocycles. The zero-order valence-electron chi connectivity index (χ0n) is 8.54. The Balaban J connectivity index is 1.60. The van der Waals surface area contributed by atoms with Crippen molar-refractivity contribution in [3.63, 3.8) is 0 Å². The molecule has 13 heavy (non-hydrogen) atoms. The molecule has 0 aromatic rings. The summed E-state index contributed by atoms with van der Waals surface area (Å²) in [7, 11) is 0. The summed E-state index contributed by atoms with van der Waals surface area (Å²) in [6.07, 6.45) is 12.0. The second-order valence-electron chi connectivity index (χ2n) is 5.01. The maximum absolute atomic E-state index is 4.25. The van der Waals surface area contributed by atoms with Gasteiger partial charge in [-0.3, -0.25) is 0 Å². The standard InChI is InChI=1S/C12H22S/c13-7-3-1-2-4-11-8-10-5-6-12(11)9-10/h10-13H,1-9H2. The molecule has 3 unspecified atom stereocenters. The average Bonchev–Trinajstić information content (AvgIpc) is 2.73. The van der Waals surface area contributed by atoms with Crippen LogP contribution in [0.4, 0.5) is 0 Å².